The minimum absolute atomic E-state index is 0.284. The number of nitrogens with one attached hydrogen (secondary N) is 4. The zero-order valence-corrected chi connectivity index (χ0v) is 13.1. The van der Waals surface area contributed by atoms with Crippen LogP contribution in [0.25, 0.3) is 0 Å². The largest absolute Gasteiger partial charge is 0.298 e. The molecule has 2 saturated heterocycles. The minimum Gasteiger partial charge on any atom is -0.298 e. The number of hydrazine groups is 1. The Balaban J connectivity index is 1.57. The van der Waals surface area contributed by atoms with Gasteiger partial charge in [0.2, 0.25) is 0 Å². The Hall–Kier alpha value is 0.530. The van der Waals surface area contributed by atoms with Gasteiger partial charge in [-0.3, -0.25) is 16.0 Å². The zero-order valence-electron chi connectivity index (χ0n) is 11.0. The van der Waals surface area contributed by atoms with Crippen LogP contribution in [0.5, 0.6) is 0 Å². The molecule has 3 fully saturated rings. The first-order chi connectivity index (χ1) is 8.72. The van der Waals surface area contributed by atoms with E-state index in [-0.39, 0.29) is 6.29 Å². The van der Waals surface area contributed by atoms with Crippen LogP contribution in [0.1, 0.15) is 39.0 Å². The van der Waals surface area contributed by atoms with Gasteiger partial charge in [-0.15, -0.1) is 0 Å². The number of alkyl halides is 1. The van der Waals surface area contributed by atoms with Gasteiger partial charge in [0, 0.05) is 16.0 Å². The lowest BCUT2D eigenvalue weighted by Crippen LogP contribution is -2.66. The average molecular weight is 365 g/mol. The summed E-state index contributed by atoms with van der Waals surface area (Å²) in [5.41, 5.74) is 3.42. The molecule has 0 bridgehead atoms. The summed E-state index contributed by atoms with van der Waals surface area (Å²) in [7, 11) is 0. The lowest BCUT2D eigenvalue weighted by molar-refractivity contribution is 0.0122. The van der Waals surface area contributed by atoms with Crippen molar-refractivity contribution in [3.63, 3.8) is 0 Å². The molecule has 0 radical (unpaired) electrons. The summed E-state index contributed by atoms with van der Waals surface area (Å²) in [6.45, 7) is 3.14. The maximum Gasteiger partial charge on any atom is 0.130 e. The third-order valence-corrected chi connectivity index (χ3v) is 5.52. The second-order valence-corrected chi connectivity index (χ2v) is 7.55. The normalized spacial score (nSPS) is 46.0. The molecule has 0 amide bonds. The molecule has 0 aromatic carbocycles. The van der Waals surface area contributed by atoms with Crippen molar-refractivity contribution >= 4 is 22.6 Å². The van der Waals surface area contributed by atoms with E-state index >= 15 is 0 Å². The van der Waals surface area contributed by atoms with Gasteiger partial charge < -0.3 is 0 Å². The molecular weight excluding hydrogens is 341 g/mol. The Labute approximate surface area is 123 Å². The van der Waals surface area contributed by atoms with Crippen LogP contribution in [-0.2, 0) is 0 Å². The Morgan fingerprint density at radius 3 is 2.78 bits per heavy atom. The van der Waals surface area contributed by atoms with Gasteiger partial charge in [0.25, 0.3) is 0 Å². The fourth-order valence-electron chi connectivity index (χ4n) is 3.28. The topological polar surface area (TPSA) is 51.4 Å². The van der Waals surface area contributed by atoms with E-state index in [0.29, 0.717) is 18.2 Å². The third-order valence-electron chi connectivity index (χ3n) is 4.28. The van der Waals surface area contributed by atoms with E-state index in [1.807, 2.05) is 0 Å². The number of halogens is 1. The number of hydrogen-bond donors (Lipinski definition) is 4. The van der Waals surface area contributed by atoms with Crippen molar-refractivity contribution in [2.75, 3.05) is 6.67 Å². The van der Waals surface area contributed by atoms with E-state index in [1.165, 1.54) is 25.7 Å². The highest BCUT2D eigenvalue weighted by Gasteiger charge is 2.37. The van der Waals surface area contributed by atoms with Crippen molar-refractivity contribution in [2.45, 2.75) is 67.5 Å². The minimum atomic E-state index is 0.284. The van der Waals surface area contributed by atoms with Gasteiger partial charge in [0.05, 0.1) is 12.8 Å². The van der Waals surface area contributed by atoms with Crippen LogP contribution in [0.4, 0.5) is 0 Å². The zero-order chi connectivity index (χ0) is 12.5. The van der Waals surface area contributed by atoms with Crippen LogP contribution in [0.15, 0.2) is 0 Å². The monoisotopic (exact) mass is 365 g/mol. The third kappa shape index (κ3) is 2.99. The Bertz CT molecular complexity index is 282. The van der Waals surface area contributed by atoms with E-state index in [2.05, 4.69) is 55.9 Å². The quantitative estimate of drug-likeness (QED) is 0.429. The molecule has 6 heteroatoms. The molecule has 3 aliphatic rings. The van der Waals surface area contributed by atoms with Crippen LogP contribution < -0.4 is 21.4 Å². The van der Waals surface area contributed by atoms with Crippen LogP contribution in [0.3, 0.4) is 0 Å². The van der Waals surface area contributed by atoms with Crippen molar-refractivity contribution < 1.29 is 0 Å². The smallest absolute Gasteiger partial charge is 0.130 e. The summed E-state index contributed by atoms with van der Waals surface area (Å²) in [6, 6.07) is 1.27. The molecule has 3 unspecified atom stereocenters. The van der Waals surface area contributed by atoms with Crippen LogP contribution in [0.2, 0.25) is 0 Å². The number of fused-ring (bicyclic) bond motifs is 1. The predicted octanol–water partition coefficient (Wildman–Crippen LogP) is 0.681. The molecule has 1 aliphatic carbocycles. The van der Waals surface area contributed by atoms with E-state index in [9.17, 15) is 0 Å². The van der Waals surface area contributed by atoms with Crippen molar-refractivity contribution in [3.8, 4) is 0 Å². The SMILES string of the molecule is CC1CC(NC2CCC(I)CC2)N2NCNC2N1. The van der Waals surface area contributed by atoms with Crippen molar-refractivity contribution in [3.05, 3.63) is 0 Å². The Morgan fingerprint density at radius 1 is 1.22 bits per heavy atom. The molecule has 0 spiro atoms. The number of hydrogen-bond acceptors (Lipinski definition) is 5. The van der Waals surface area contributed by atoms with E-state index < -0.39 is 0 Å². The molecule has 3 rings (SSSR count). The first kappa shape index (κ1) is 13.5. The molecule has 3 atom stereocenters. The summed E-state index contributed by atoms with van der Waals surface area (Å²) in [5, 5.41) is 13.2. The lowest BCUT2D eigenvalue weighted by atomic mass is 9.94. The van der Waals surface area contributed by atoms with Crippen LogP contribution >= 0.6 is 22.6 Å². The summed E-state index contributed by atoms with van der Waals surface area (Å²) >= 11 is 2.60. The highest BCUT2D eigenvalue weighted by atomic mass is 127. The first-order valence-corrected chi connectivity index (χ1v) is 8.38. The maximum atomic E-state index is 3.86. The average Bonchev–Trinajstić information content (AvgIpc) is 2.80. The number of nitrogens with zero attached hydrogens (tertiary/aromatic N) is 1. The van der Waals surface area contributed by atoms with E-state index in [0.717, 1.165) is 17.0 Å². The molecule has 1 saturated carbocycles. The molecule has 18 heavy (non-hydrogen) atoms. The second kappa shape index (κ2) is 5.88. The summed E-state index contributed by atoms with van der Waals surface area (Å²) in [4.78, 5) is 0. The van der Waals surface area contributed by atoms with Gasteiger partial charge in [-0.2, -0.15) is 5.01 Å². The van der Waals surface area contributed by atoms with Crippen LogP contribution in [-0.4, -0.2) is 40.1 Å². The highest BCUT2D eigenvalue weighted by molar-refractivity contribution is 14.1. The van der Waals surface area contributed by atoms with E-state index in [1.54, 1.807) is 0 Å². The maximum absolute atomic E-state index is 3.86. The van der Waals surface area contributed by atoms with Crippen molar-refractivity contribution in [2.24, 2.45) is 0 Å². The van der Waals surface area contributed by atoms with Crippen molar-refractivity contribution in [1.82, 2.24) is 26.4 Å². The second-order valence-electron chi connectivity index (χ2n) is 5.78. The lowest BCUT2D eigenvalue weighted by Gasteiger charge is -2.43. The van der Waals surface area contributed by atoms with E-state index in [4.69, 9.17) is 0 Å². The Kier molecular flexibility index (Phi) is 4.42. The summed E-state index contributed by atoms with van der Waals surface area (Å²) in [6.07, 6.45) is 7.30. The molecule has 4 N–H and O–H groups in total. The predicted molar refractivity (Wildman–Crippen MR) is 81.0 cm³/mol. The van der Waals surface area contributed by atoms with Gasteiger partial charge >= 0.3 is 0 Å². The first-order valence-electron chi connectivity index (χ1n) is 7.14. The fraction of sp³-hybridized carbons (Fsp3) is 1.00. The Morgan fingerprint density at radius 2 is 2.00 bits per heavy atom. The molecule has 0 aromatic heterocycles. The van der Waals surface area contributed by atoms with Gasteiger partial charge in [-0.1, -0.05) is 22.6 Å². The molecule has 104 valence electrons. The molecule has 2 heterocycles. The van der Waals surface area contributed by atoms with Gasteiger partial charge in [0.1, 0.15) is 6.29 Å². The summed E-state index contributed by atoms with van der Waals surface area (Å²) < 4.78 is 0.895. The standard InChI is InChI=1S/C12H24IN5/c1-8-6-11(18-12(16-8)14-7-15-18)17-10-4-2-9(13)3-5-10/h8-12,14-17H,2-7H2,1H3. The van der Waals surface area contributed by atoms with Gasteiger partial charge in [0.15, 0.2) is 0 Å². The van der Waals surface area contributed by atoms with Gasteiger partial charge in [-0.25, -0.2) is 5.43 Å². The molecule has 2 aliphatic heterocycles. The number of rotatable bonds is 2. The fourth-order valence-corrected chi connectivity index (χ4v) is 4.00. The molecule has 5 nitrogen and oxygen atoms in total. The van der Waals surface area contributed by atoms with Crippen molar-refractivity contribution in [1.29, 1.82) is 0 Å². The van der Waals surface area contributed by atoms with Gasteiger partial charge in [-0.05, 0) is 39.0 Å². The highest BCUT2D eigenvalue weighted by Crippen LogP contribution is 2.26. The summed E-state index contributed by atoms with van der Waals surface area (Å²) in [5.74, 6) is 0. The molecular formula is C12H24IN5. The molecule has 0 aromatic rings. The van der Waals surface area contributed by atoms with Crippen LogP contribution in [0, 0.1) is 0 Å².